The Bertz CT molecular complexity index is 543. The Labute approximate surface area is 105 Å². The third-order valence-corrected chi connectivity index (χ3v) is 3.12. The number of imidazole rings is 1. The maximum atomic E-state index is 11.7. The van der Waals surface area contributed by atoms with Crippen LogP contribution in [0.4, 0.5) is 0 Å². The molecule has 3 heterocycles. The van der Waals surface area contributed by atoms with Crippen molar-refractivity contribution < 1.29 is 9.21 Å². The Morgan fingerprint density at radius 3 is 3.17 bits per heavy atom. The van der Waals surface area contributed by atoms with E-state index in [-0.39, 0.29) is 5.91 Å². The number of carbonyl (C=O) groups excluding carboxylic acids is 1. The number of rotatable bonds is 3. The average molecular weight is 245 g/mol. The maximum absolute atomic E-state index is 11.7. The lowest BCUT2D eigenvalue weighted by molar-refractivity contribution is 0.0951. The zero-order chi connectivity index (χ0) is 12.4. The fraction of sp³-hybridized carbons (Fsp3) is 0.385. The van der Waals surface area contributed by atoms with Crippen LogP contribution in [0.3, 0.4) is 0 Å². The summed E-state index contributed by atoms with van der Waals surface area (Å²) in [7, 11) is 0. The van der Waals surface area contributed by atoms with Gasteiger partial charge in [0.15, 0.2) is 0 Å². The molecule has 1 aliphatic rings. The minimum Gasteiger partial charge on any atom is -0.469 e. The van der Waals surface area contributed by atoms with Gasteiger partial charge in [-0.3, -0.25) is 4.79 Å². The third kappa shape index (κ3) is 2.16. The summed E-state index contributed by atoms with van der Waals surface area (Å²) in [6.07, 6.45) is 5.05. The van der Waals surface area contributed by atoms with Crippen LogP contribution in [0.15, 0.2) is 22.8 Å². The van der Waals surface area contributed by atoms with Crippen molar-refractivity contribution in [2.45, 2.75) is 25.7 Å². The van der Waals surface area contributed by atoms with Crippen LogP contribution in [0.2, 0.25) is 0 Å². The lowest BCUT2D eigenvalue weighted by atomic mass is 10.2. The van der Waals surface area contributed by atoms with E-state index in [0.29, 0.717) is 5.69 Å². The van der Waals surface area contributed by atoms with E-state index in [2.05, 4.69) is 15.3 Å². The molecule has 0 bridgehead atoms. The Kier molecular flexibility index (Phi) is 2.88. The fourth-order valence-electron chi connectivity index (χ4n) is 2.20. The van der Waals surface area contributed by atoms with Gasteiger partial charge in [-0.15, -0.1) is 0 Å². The predicted molar refractivity (Wildman–Crippen MR) is 65.4 cm³/mol. The van der Waals surface area contributed by atoms with Crippen LogP contribution in [-0.4, -0.2) is 22.4 Å². The quantitative estimate of drug-likeness (QED) is 0.860. The maximum Gasteiger partial charge on any atom is 0.271 e. The number of fused-ring (bicyclic) bond motifs is 1. The minimum atomic E-state index is -0.0667. The molecular weight excluding hydrogens is 230 g/mol. The highest BCUT2D eigenvalue weighted by atomic mass is 16.3. The number of hydrogen-bond donors (Lipinski definition) is 2. The van der Waals surface area contributed by atoms with Crippen molar-refractivity contribution in [3.8, 4) is 0 Å². The molecule has 94 valence electrons. The first kappa shape index (κ1) is 11.1. The van der Waals surface area contributed by atoms with Crippen molar-refractivity contribution in [2.24, 2.45) is 0 Å². The number of nitrogens with zero attached hydrogens (tertiary/aromatic N) is 1. The number of amides is 1. The van der Waals surface area contributed by atoms with Crippen LogP contribution >= 0.6 is 0 Å². The molecule has 0 saturated carbocycles. The molecule has 1 aliphatic heterocycles. The van der Waals surface area contributed by atoms with Crippen LogP contribution in [0, 0.1) is 0 Å². The second kappa shape index (κ2) is 4.68. The molecule has 2 N–H and O–H groups in total. The number of furan rings is 1. The number of H-pyrrole nitrogens is 1. The largest absolute Gasteiger partial charge is 0.469 e. The first-order chi connectivity index (χ1) is 8.83. The van der Waals surface area contributed by atoms with Crippen LogP contribution in [-0.2, 0) is 19.3 Å². The van der Waals surface area contributed by atoms with Gasteiger partial charge in [-0.2, -0.15) is 0 Å². The van der Waals surface area contributed by atoms with Crippen LogP contribution in [0.25, 0.3) is 0 Å². The average Bonchev–Trinajstić information content (AvgIpc) is 2.98. The van der Waals surface area contributed by atoms with Gasteiger partial charge in [0.2, 0.25) is 0 Å². The van der Waals surface area contributed by atoms with Gasteiger partial charge >= 0.3 is 0 Å². The highest BCUT2D eigenvalue weighted by molar-refractivity contribution is 5.93. The lowest BCUT2D eigenvalue weighted by Crippen LogP contribution is -2.23. The van der Waals surface area contributed by atoms with Gasteiger partial charge < -0.3 is 14.7 Å². The Hall–Kier alpha value is -2.04. The van der Waals surface area contributed by atoms with Crippen molar-refractivity contribution in [3.05, 3.63) is 41.4 Å². The van der Waals surface area contributed by atoms with Crippen molar-refractivity contribution >= 4 is 5.91 Å². The zero-order valence-electron chi connectivity index (χ0n) is 10.0. The molecular formula is C13H15N3O2. The van der Waals surface area contributed by atoms with Crippen molar-refractivity contribution in [2.75, 3.05) is 6.54 Å². The van der Waals surface area contributed by atoms with Gasteiger partial charge in [0.1, 0.15) is 17.3 Å². The molecule has 0 aromatic carbocycles. The molecule has 0 fully saturated rings. The Balaban J connectivity index is 1.74. The van der Waals surface area contributed by atoms with E-state index in [1.807, 2.05) is 12.1 Å². The Morgan fingerprint density at radius 2 is 2.33 bits per heavy atom. The van der Waals surface area contributed by atoms with Crippen LogP contribution in [0.1, 0.15) is 34.2 Å². The number of carbonyl (C=O) groups is 1. The molecule has 0 saturated heterocycles. The molecule has 1 amide bonds. The molecule has 0 unspecified atom stereocenters. The van der Waals surface area contributed by atoms with Crippen LogP contribution < -0.4 is 5.32 Å². The number of hydrogen-bond acceptors (Lipinski definition) is 3. The van der Waals surface area contributed by atoms with E-state index in [0.717, 1.165) is 49.5 Å². The van der Waals surface area contributed by atoms with Gasteiger partial charge in [0, 0.05) is 25.1 Å². The molecule has 5 nitrogen and oxygen atoms in total. The molecule has 0 atom stereocenters. The van der Waals surface area contributed by atoms with E-state index in [1.54, 1.807) is 6.26 Å². The summed E-state index contributed by atoms with van der Waals surface area (Å²) in [5, 5.41) is 2.84. The van der Waals surface area contributed by atoms with E-state index in [1.165, 1.54) is 0 Å². The molecule has 5 heteroatoms. The summed E-state index contributed by atoms with van der Waals surface area (Å²) >= 11 is 0. The summed E-state index contributed by atoms with van der Waals surface area (Å²) in [5.74, 6) is 1.72. The van der Waals surface area contributed by atoms with Gasteiger partial charge in [-0.25, -0.2) is 4.98 Å². The SMILES string of the molecule is O=C1NCCCc2[nH]c(CCc3ccco3)nc21. The first-order valence-electron chi connectivity index (χ1n) is 6.21. The van der Waals surface area contributed by atoms with Gasteiger partial charge in [0.25, 0.3) is 5.91 Å². The standard InChI is InChI=1S/C13H15N3O2/c17-13-12-10(4-1-7-14-13)15-11(16-12)6-5-9-3-2-8-18-9/h2-3,8H,1,4-7H2,(H,14,17)(H,15,16). The predicted octanol–water partition coefficient (Wildman–Crippen LogP) is 1.46. The number of aromatic nitrogens is 2. The Morgan fingerprint density at radius 1 is 1.39 bits per heavy atom. The molecule has 18 heavy (non-hydrogen) atoms. The van der Waals surface area contributed by atoms with Gasteiger partial charge in [-0.05, 0) is 25.0 Å². The van der Waals surface area contributed by atoms with E-state index in [4.69, 9.17) is 4.42 Å². The molecule has 0 aliphatic carbocycles. The fourth-order valence-corrected chi connectivity index (χ4v) is 2.20. The zero-order valence-corrected chi connectivity index (χ0v) is 10.0. The summed E-state index contributed by atoms with van der Waals surface area (Å²) < 4.78 is 5.28. The normalized spacial score (nSPS) is 15.0. The second-order valence-corrected chi connectivity index (χ2v) is 4.45. The molecule has 2 aromatic rings. The van der Waals surface area contributed by atoms with Gasteiger partial charge in [-0.1, -0.05) is 0 Å². The highest BCUT2D eigenvalue weighted by Gasteiger charge is 2.19. The van der Waals surface area contributed by atoms with Crippen molar-refractivity contribution in [1.29, 1.82) is 0 Å². The van der Waals surface area contributed by atoms with E-state index < -0.39 is 0 Å². The summed E-state index contributed by atoms with van der Waals surface area (Å²) in [4.78, 5) is 19.4. The second-order valence-electron chi connectivity index (χ2n) is 4.45. The molecule has 0 spiro atoms. The molecule has 0 radical (unpaired) electrons. The molecule has 2 aromatic heterocycles. The van der Waals surface area contributed by atoms with Crippen molar-refractivity contribution in [1.82, 2.24) is 15.3 Å². The van der Waals surface area contributed by atoms with Crippen molar-refractivity contribution in [3.63, 3.8) is 0 Å². The number of aromatic amines is 1. The monoisotopic (exact) mass is 245 g/mol. The summed E-state index contributed by atoms with van der Waals surface area (Å²) in [6.45, 7) is 0.727. The van der Waals surface area contributed by atoms with Gasteiger partial charge in [0.05, 0.1) is 6.26 Å². The van der Waals surface area contributed by atoms with E-state index >= 15 is 0 Å². The smallest absolute Gasteiger partial charge is 0.271 e. The van der Waals surface area contributed by atoms with Crippen LogP contribution in [0.5, 0.6) is 0 Å². The lowest BCUT2D eigenvalue weighted by Gasteiger charge is -1.97. The highest BCUT2D eigenvalue weighted by Crippen LogP contribution is 2.13. The number of nitrogens with one attached hydrogen (secondary N) is 2. The molecule has 3 rings (SSSR count). The first-order valence-corrected chi connectivity index (χ1v) is 6.21. The summed E-state index contributed by atoms with van der Waals surface area (Å²) in [5.41, 5.74) is 1.52. The summed E-state index contributed by atoms with van der Waals surface area (Å²) in [6, 6.07) is 3.82. The number of aryl methyl sites for hydroxylation is 3. The third-order valence-electron chi connectivity index (χ3n) is 3.12. The van der Waals surface area contributed by atoms with E-state index in [9.17, 15) is 4.79 Å². The topological polar surface area (TPSA) is 70.9 Å². The minimum absolute atomic E-state index is 0.0667.